The fraction of sp³-hybridized carbons (Fsp3) is 0.261. The summed E-state index contributed by atoms with van der Waals surface area (Å²) in [5.74, 6) is -0.336. The number of ether oxygens (including phenoxy) is 1. The molecule has 1 heterocycles. The number of rotatable bonds is 4. The third-order valence-corrected chi connectivity index (χ3v) is 5.38. The molecule has 0 aromatic heterocycles. The van der Waals surface area contributed by atoms with E-state index >= 15 is 0 Å². The molecule has 1 aliphatic heterocycles. The van der Waals surface area contributed by atoms with E-state index in [9.17, 15) is 25.2 Å². The minimum Gasteiger partial charge on any atom is -0.394 e. The molecule has 5 N–H and O–H groups in total. The zero-order chi connectivity index (χ0) is 21.3. The number of benzene rings is 3. The van der Waals surface area contributed by atoms with Crippen molar-refractivity contribution in [2.45, 2.75) is 30.5 Å². The lowest BCUT2D eigenvalue weighted by Gasteiger charge is -2.40. The minimum atomic E-state index is -1.48. The molecular weight excluding hydrogens is 386 g/mol. The summed E-state index contributed by atoms with van der Waals surface area (Å²) >= 11 is 0. The van der Waals surface area contributed by atoms with Gasteiger partial charge in [0.15, 0.2) is 0 Å². The molecule has 0 radical (unpaired) electrons. The molecule has 1 saturated heterocycles. The number of nitrogens with one attached hydrogen (secondary N) is 1. The number of hydrogen-bond donors (Lipinski definition) is 5. The van der Waals surface area contributed by atoms with Gasteiger partial charge in [-0.3, -0.25) is 4.79 Å². The van der Waals surface area contributed by atoms with Gasteiger partial charge in [-0.15, -0.1) is 0 Å². The number of hydrogen-bond acceptors (Lipinski definition) is 6. The van der Waals surface area contributed by atoms with Gasteiger partial charge in [0.25, 0.3) is 5.91 Å². The molecule has 1 fully saturated rings. The highest BCUT2D eigenvalue weighted by Gasteiger charge is 2.44. The van der Waals surface area contributed by atoms with E-state index in [4.69, 9.17) is 4.74 Å². The molecule has 5 atom stereocenters. The molecule has 1 aliphatic rings. The summed E-state index contributed by atoms with van der Waals surface area (Å²) in [6.45, 7) is -0.510. The monoisotopic (exact) mass is 409 g/mol. The molecule has 0 saturated carbocycles. The maximum absolute atomic E-state index is 12.8. The Morgan fingerprint density at radius 2 is 1.63 bits per heavy atom. The molecular formula is C23H23NO6. The molecule has 3 aromatic carbocycles. The number of aliphatic hydroxyl groups excluding tert-OH is 4. The van der Waals surface area contributed by atoms with Crippen LogP contribution in [-0.2, 0) is 4.74 Å². The van der Waals surface area contributed by atoms with Crippen molar-refractivity contribution in [3.8, 4) is 0 Å². The second-order valence-electron chi connectivity index (χ2n) is 7.39. The van der Waals surface area contributed by atoms with E-state index in [0.29, 0.717) is 16.8 Å². The Balaban J connectivity index is 1.55. The molecule has 0 aliphatic carbocycles. The first kappa shape index (κ1) is 20.5. The molecule has 4 rings (SSSR count). The van der Waals surface area contributed by atoms with Crippen LogP contribution in [0.5, 0.6) is 0 Å². The third kappa shape index (κ3) is 3.94. The maximum Gasteiger partial charge on any atom is 0.255 e. The van der Waals surface area contributed by atoms with Gasteiger partial charge in [0.2, 0.25) is 0 Å². The van der Waals surface area contributed by atoms with E-state index in [1.54, 1.807) is 24.3 Å². The largest absolute Gasteiger partial charge is 0.394 e. The van der Waals surface area contributed by atoms with Gasteiger partial charge in [0.1, 0.15) is 30.5 Å². The maximum atomic E-state index is 12.8. The number of carbonyl (C=O) groups excluding carboxylic acids is 1. The normalized spacial score (nSPS) is 26.5. The Morgan fingerprint density at radius 3 is 2.40 bits per heavy atom. The first-order valence-corrected chi connectivity index (χ1v) is 9.68. The lowest BCUT2D eigenvalue weighted by atomic mass is 9.90. The van der Waals surface area contributed by atoms with E-state index in [-0.39, 0.29) is 5.91 Å². The highest BCUT2D eigenvalue weighted by Crippen LogP contribution is 2.32. The van der Waals surface area contributed by atoms with Crippen molar-refractivity contribution in [1.29, 1.82) is 0 Å². The van der Waals surface area contributed by atoms with Crippen LogP contribution in [0.15, 0.2) is 66.7 Å². The van der Waals surface area contributed by atoms with Crippen LogP contribution >= 0.6 is 0 Å². The third-order valence-electron chi connectivity index (χ3n) is 5.38. The second-order valence-corrected chi connectivity index (χ2v) is 7.39. The van der Waals surface area contributed by atoms with E-state index in [2.05, 4.69) is 5.32 Å². The Labute approximate surface area is 173 Å². The molecule has 30 heavy (non-hydrogen) atoms. The Kier molecular flexibility index (Phi) is 5.80. The number of aliphatic hydroxyl groups is 4. The van der Waals surface area contributed by atoms with Crippen molar-refractivity contribution in [3.05, 3.63) is 77.9 Å². The van der Waals surface area contributed by atoms with Crippen molar-refractivity contribution in [2.24, 2.45) is 0 Å². The van der Waals surface area contributed by atoms with Crippen molar-refractivity contribution < 1.29 is 30.0 Å². The van der Waals surface area contributed by atoms with Crippen LogP contribution < -0.4 is 5.32 Å². The zero-order valence-corrected chi connectivity index (χ0v) is 16.1. The number of carbonyl (C=O) groups is 1. The van der Waals surface area contributed by atoms with Crippen LogP contribution in [0.2, 0.25) is 0 Å². The van der Waals surface area contributed by atoms with Crippen molar-refractivity contribution in [2.75, 3.05) is 11.9 Å². The fourth-order valence-corrected chi connectivity index (χ4v) is 3.70. The van der Waals surface area contributed by atoms with Gasteiger partial charge in [-0.05, 0) is 40.6 Å². The van der Waals surface area contributed by atoms with Crippen LogP contribution in [0.3, 0.4) is 0 Å². The SMILES string of the molecule is O=C(Nc1ccc2ccccc2c1)c1cccc([C@H]2O[C@H](CO)[C@@H](O)[C@H](O)[C@H]2O)c1. The fourth-order valence-electron chi connectivity index (χ4n) is 3.70. The topological polar surface area (TPSA) is 119 Å². The summed E-state index contributed by atoms with van der Waals surface area (Å²) in [7, 11) is 0. The van der Waals surface area contributed by atoms with Crippen molar-refractivity contribution >= 4 is 22.4 Å². The average molecular weight is 409 g/mol. The van der Waals surface area contributed by atoms with E-state index in [1.807, 2.05) is 42.5 Å². The lowest BCUT2D eigenvalue weighted by molar-refractivity contribution is -0.231. The first-order chi connectivity index (χ1) is 14.5. The number of amides is 1. The van der Waals surface area contributed by atoms with Gasteiger partial charge >= 0.3 is 0 Å². The van der Waals surface area contributed by atoms with Gasteiger partial charge in [-0.1, -0.05) is 42.5 Å². The van der Waals surface area contributed by atoms with Gasteiger partial charge < -0.3 is 30.5 Å². The van der Waals surface area contributed by atoms with E-state index in [0.717, 1.165) is 10.8 Å². The molecule has 7 nitrogen and oxygen atoms in total. The van der Waals surface area contributed by atoms with Gasteiger partial charge in [-0.2, -0.15) is 0 Å². The number of fused-ring (bicyclic) bond motifs is 1. The van der Waals surface area contributed by atoms with Gasteiger partial charge in [-0.25, -0.2) is 0 Å². The average Bonchev–Trinajstić information content (AvgIpc) is 2.78. The van der Waals surface area contributed by atoms with Crippen LogP contribution in [0, 0.1) is 0 Å². The van der Waals surface area contributed by atoms with Crippen molar-refractivity contribution in [1.82, 2.24) is 0 Å². The molecule has 0 unspecified atom stereocenters. The summed E-state index contributed by atoms with van der Waals surface area (Å²) < 4.78 is 5.58. The quantitative estimate of drug-likeness (QED) is 0.447. The highest BCUT2D eigenvalue weighted by molar-refractivity contribution is 6.05. The smallest absolute Gasteiger partial charge is 0.255 e. The Bertz CT molecular complexity index is 1050. The predicted molar refractivity (Wildman–Crippen MR) is 111 cm³/mol. The van der Waals surface area contributed by atoms with Crippen LogP contribution in [0.4, 0.5) is 5.69 Å². The van der Waals surface area contributed by atoms with Crippen LogP contribution in [-0.4, -0.2) is 57.4 Å². The summed E-state index contributed by atoms with van der Waals surface area (Å²) in [6, 6.07) is 19.9. The van der Waals surface area contributed by atoms with Crippen LogP contribution in [0.25, 0.3) is 10.8 Å². The molecule has 1 amide bonds. The van der Waals surface area contributed by atoms with Gasteiger partial charge in [0.05, 0.1) is 6.61 Å². The Morgan fingerprint density at radius 1 is 0.867 bits per heavy atom. The lowest BCUT2D eigenvalue weighted by Crippen LogP contribution is -2.55. The molecule has 0 bridgehead atoms. The molecule has 0 spiro atoms. The molecule has 3 aromatic rings. The van der Waals surface area contributed by atoms with Crippen molar-refractivity contribution in [3.63, 3.8) is 0 Å². The van der Waals surface area contributed by atoms with E-state index in [1.165, 1.54) is 0 Å². The number of anilines is 1. The summed E-state index contributed by atoms with van der Waals surface area (Å²) in [5.41, 5.74) is 1.45. The summed E-state index contributed by atoms with van der Waals surface area (Å²) in [5, 5.41) is 44.6. The Hall–Kier alpha value is -2.81. The van der Waals surface area contributed by atoms with Crippen LogP contribution in [0.1, 0.15) is 22.0 Å². The minimum absolute atomic E-state index is 0.336. The first-order valence-electron chi connectivity index (χ1n) is 9.68. The summed E-state index contributed by atoms with van der Waals surface area (Å²) in [6.07, 6.45) is -6.31. The molecule has 7 heteroatoms. The zero-order valence-electron chi connectivity index (χ0n) is 16.1. The summed E-state index contributed by atoms with van der Waals surface area (Å²) in [4.78, 5) is 12.8. The van der Waals surface area contributed by atoms with E-state index < -0.39 is 37.1 Å². The highest BCUT2D eigenvalue weighted by atomic mass is 16.5. The standard InChI is InChI=1S/C23H23NO6/c25-12-18-19(26)20(27)21(28)22(30-18)15-6-3-7-16(10-15)23(29)24-17-9-8-13-4-1-2-5-14(13)11-17/h1-11,18-22,25-28H,12H2,(H,24,29)/t18-,19-,20+,21-,22-/m1/s1. The molecule has 156 valence electrons. The second kappa shape index (κ2) is 8.51. The van der Waals surface area contributed by atoms with Gasteiger partial charge in [0, 0.05) is 11.3 Å². The predicted octanol–water partition coefficient (Wildman–Crippen LogP) is 1.61.